The summed E-state index contributed by atoms with van der Waals surface area (Å²) in [6, 6.07) is 10.4. The number of aromatic amines is 1. The fourth-order valence-electron chi connectivity index (χ4n) is 3.51. The number of furan rings is 1. The summed E-state index contributed by atoms with van der Waals surface area (Å²) in [5, 5.41) is 9.70. The average Bonchev–Trinajstić information content (AvgIpc) is 3.51. The van der Waals surface area contributed by atoms with Gasteiger partial charge in [-0.15, -0.1) is 0 Å². The summed E-state index contributed by atoms with van der Waals surface area (Å²) >= 11 is 1.34. The lowest BCUT2D eigenvalue weighted by Crippen LogP contribution is -2.47. The molecular formula is C23H27F3N8OS. The summed E-state index contributed by atoms with van der Waals surface area (Å²) in [7, 11) is 2.05. The van der Waals surface area contributed by atoms with Crippen molar-refractivity contribution in [2.45, 2.75) is 23.4 Å². The largest absolute Gasteiger partial charge is 0.463 e. The number of benzene rings is 1. The molecule has 1 saturated heterocycles. The van der Waals surface area contributed by atoms with Gasteiger partial charge in [0, 0.05) is 37.1 Å². The molecule has 3 heterocycles. The minimum Gasteiger partial charge on any atom is -0.463 e. The molecular weight excluding hydrogens is 493 g/mol. The van der Waals surface area contributed by atoms with Crippen LogP contribution in [0.5, 0.6) is 0 Å². The Balaban J connectivity index is 1.49. The van der Waals surface area contributed by atoms with Gasteiger partial charge in [-0.2, -0.15) is 23.3 Å². The monoisotopic (exact) mass is 520 g/mol. The van der Waals surface area contributed by atoms with E-state index in [-0.39, 0.29) is 11.3 Å². The lowest BCUT2D eigenvalue weighted by molar-refractivity contribution is -0.137. The topological polar surface area (TPSA) is 111 Å². The number of nitrogens with zero attached hydrogens (tertiary/aromatic N) is 5. The Morgan fingerprint density at radius 1 is 1.19 bits per heavy atom. The van der Waals surface area contributed by atoms with E-state index in [1.165, 1.54) is 23.9 Å². The first-order chi connectivity index (χ1) is 17.2. The third-order valence-electron chi connectivity index (χ3n) is 5.41. The summed E-state index contributed by atoms with van der Waals surface area (Å²) in [6.07, 6.45) is -2.80. The zero-order valence-corrected chi connectivity index (χ0v) is 20.6. The highest BCUT2D eigenvalue weighted by Gasteiger charge is 2.30. The van der Waals surface area contributed by atoms with Crippen LogP contribution < -0.4 is 11.1 Å². The first kappa shape index (κ1) is 25.6. The number of anilines is 1. The minimum atomic E-state index is -4.37. The van der Waals surface area contributed by atoms with Crippen LogP contribution in [-0.2, 0) is 6.18 Å². The lowest BCUT2D eigenvalue weighted by Gasteiger charge is -2.33. The second kappa shape index (κ2) is 11.1. The van der Waals surface area contributed by atoms with E-state index in [1.54, 1.807) is 18.4 Å². The Hall–Kier alpha value is -3.45. The quantitative estimate of drug-likeness (QED) is 0.263. The highest BCUT2D eigenvalue weighted by molar-refractivity contribution is 7.99. The fourth-order valence-corrected chi connectivity index (χ4v) is 4.34. The number of alkyl halides is 3. The van der Waals surface area contributed by atoms with Crippen LogP contribution in [0.25, 0.3) is 11.5 Å². The summed E-state index contributed by atoms with van der Waals surface area (Å²) in [5.74, 6) is 1.66. The summed E-state index contributed by atoms with van der Waals surface area (Å²) in [4.78, 5) is 14.2. The van der Waals surface area contributed by atoms with Gasteiger partial charge in [-0.1, -0.05) is 11.8 Å². The number of hydrogen-bond donors (Lipinski definition) is 3. The molecule has 13 heteroatoms. The van der Waals surface area contributed by atoms with E-state index in [9.17, 15) is 13.2 Å². The lowest BCUT2D eigenvalue weighted by atomic mass is 10.2. The third kappa shape index (κ3) is 6.82. The molecule has 0 bridgehead atoms. The highest BCUT2D eigenvalue weighted by atomic mass is 32.2. The van der Waals surface area contributed by atoms with Crippen molar-refractivity contribution in [2.24, 2.45) is 15.7 Å². The van der Waals surface area contributed by atoms with Gasteiger partial charge in [0.2, 0.25) is 11.9 Å². The number of thioether (sulfide) groups is 1. The van der Waals surface area contributed by atoms with Crippen molar-refractivity contribution >= 4 is 29.5 Å². The number of aromatic nitrogens is 2. The fraction of sp³-hybridized carbons (Fsp3) is 0.348. The maximum absolute atomic E-state index is 12.9. The van der Waals surface area contributed by atoms with Crippen LogP contribution in [0.15, 0.2) is 68.0 Å². The Kier molecular flexibility index (Phi) is 7.89. The van der Waals surface area contributed by atoms with Gasteiger partial charge < -0.3 is 25.3 Å². The predicted molar refractivity (Wildman–Crippen MR) is 135 cm³/mol. The molecule has 1 fully saturated rings. The standard InChI is InChI=1S/C23H27F3N8OS/c1-15(36-17-7-5-16(6-8-17)23(24,25)26)28-22(34-11-9-33(2)10-12-34)30-21(27)29-20-14-18(31-32-20)19-4-3-13-35-19/h3-8,13-15H,9-12H2,1-2H3,(H4,27,28,29,30,31,32). The van der Waals surface area contributed by atoms with Gasteiger partial charge in [0.15, 0.2) is 11.6 Å². The van der Waals surface area contributed by atoms with Crippen LogP contribution in [-0.4, -0.2) is 70.5 Å². The summed E-state index contributed by atoms with van der Waals surface area (Å²) in [6.45, 7) is 4.98. The van der Waals surface area contributed by atoms with Crippen molar-refractivity contribution in [2.75, 3.05) is 38.5 Å². The second-order valence-electron chi connectivity index (χ2n) is 8.22. The maximum atomic E-state index is 12.9. The van der Waals surface area contributed by atoms with Crippen LogP contribution in [0, 0.1) is 0 Å². The van der Waals surface area contributed by atoms with Crippen molar-refractivity contribution in [3.63, 3.8) is 0 Å². The normalized spacial score (nSPS) is 16.9. The van der Waals surface area contributed by atoms with E-state index in [1.807, 2.05) is 24.9 Å². The third-order valence-corrected chi connectivity index (χ3v) is 6.40. The van der Waals surface area contributed by atoms with Gasteiger partial charge in [-0.3, -0.25) is 5.10 Å². The van der Waals surface area contributed by atoms with Crippen molar-refractivity contribution < 1.29 is 17.6 Å². The number of piperazine rings is 1. The summed E-state index contributed by atoms with van der Waals surface area (Å²) in [5.41, 5.74) is 6.19. The molecule has 0 amide bonds. The zero-order chi connectivity index (χ0) is 25.7. The van der Waals surface area contributed by atoms with Crippen molar-refractivity contribution in [3.05, 3.63) is 54.3 Å². The van der Waals surface area contributed by atoms with E-state index in [0.717, 1.165) is 38.3 Å². The van der Waals surface area contributed by atoms with Crippen molar-refractivity contribution in [1.82, 2.24) is 20.0 Å². The van der Waals surface area contributed by atoms with E-state index >= 15 is 0 Å². The molecule has 0 saturated carbocycles. The van der Waals surface area contributed by atoms with E-state index in [0.29, 0.717) is 28.1 Å². The number of nitrogens with two attached hydrogens (primary N) is 1. The number of guanidine groups is 2. The second-order valence-corrected chi connectivity index (χ2v) is 9.61. The van der Waals surface area contributed by atoms with E-state index in [4.69, 9.17) is 15.1 Å². The predicted octanol–water partition coefficient (Wildman–Crippen LogP) is 4.16. The van der Waals surface area contributed by atoms with Crippen LogP contribution in [0.1, 0.15) is 12.5 Å². The van der Waals surface area contributed by atoms with Gasteiger partial charge in [0.1, 0.15) is 11.1 Å². The SMILES string of the molecule is CC(N=C(N=C(N)Nc1cc(-c2ccco2)[nH]n1)N1CCN(C)CC1)Sc1ccc(C(F)(F)F)cc1. The molecule has 4 N–H and O–H groups in total. The van der Waals surface area contributed by atoms with Crippen LogP contribution in [0.3, 0.4) is 0 Å². The van der Waals surface area contributed by atoms with E-state index in [2.05, 4.69) is 25.4 Å². The summed E-state index contributed by atoms with van der Waals surface area (Å²) < 4.78 is 43.9. The number of nitrogens with one attached hydrogen (secondary N) is 2. The molecule has 1 aromatic carbocycles. The van der Waals surface area contributed by atoms with Crippen LogP contribution >= 0.6 is 11.8 Å². The number of rotatable bonds is 5. The van der Waals surface area contributed by atoms with Crippen molar-refractivity contribution in [3.8, 4) is 11.5 Å². The number of hydrogen-bond acceptors (Lipinski definition) is 5. The Labute approximate surface area is 210 Å². The molecule has 1 atom stereocenters. The highest BCUT2D eigenvalue weighted by Crippen LogP contribution is 2.32. The zero-order valence-electron chi connectivity index (χ0n) is 19.8. The molecule has 9 nitrogen and oxygen atoms in total. The van der Waals surface area contributed by atoms with Gasteiger partial charge in [0.25, 0.3) is 0 Å². The van der Waals surface area contributed by atoms with E-state index < -0.39 is 11.7 Å². The van der Waals surface area contributed by atoms with Crippen LogP contribution in [0.4, 0.5) is 19.0 Å². The molecule has 4 rings (SSSR count). The molecule has 1 unspecified atom stereocenters. The first-order valence-corrected chi connectivity index (χ1v) is 12.1. The number of aliphatic imine (C=N–C) groups is 2. The number of halogens is 3. The average molecular weight is 521 g/mol. The van der Waals surface area contributed by atoms with Gasteiger partial charge >= 0.3 is 6.18 Å². The molecule has 2 aromatic heterocycles. The number of likely N-dealkylation sites (N-methyl/N-ethyl adjacent to an activating group) is 1. The smallest absolute Gasteiger partial charge is 0.416 e. The molecule has 1 aliphatic heterocycles. The molecule has 0 radical (unpaired) electrons. The number of H-pyrrole nitrogens is 1. The molecule has 36 heavy (non-hydrogen) atoms. The van der Waals surface area contributed by atoms with Gasteiger partial charge in [0.05, 0.1) is 11.8 Å². The first-order valence-electron chi connectivity index (χ1n) is 11.2. The van der Waals surface area contributed by atoms with Gasteiger partial charge in [-0.05, 0) is 50.4 Å². The Morgan fingerprint density at radius 2 is 1.92 bits per heavy atom. The molecule has 0 aliphatic carbocycles. The molecule has 192 valence electrons. The molecule has 0 spiro atoms. The van der Waals surface area contributed by atoms with Crippen molar-refractivity contribution in [1.29, 1.82) is 0 Å². The molecule has 1 aliphatic rings. The Bertz CT molecular complexity index is 1180. The minimum absolute atomic E-state index is 0.108. The maximum Gasteiger partial charge on any atom is 0.416 e. The van der Waals surface area contributed by atoms with Crippen LogP contribution in [0.2, 0.25) is 0 Å². The van der Waals surface area contributed by atoms with Gasteiger partial charge in [-0.25, -0.2) is 4.99 Å². The Morgan fingerprint density at radius 3 is 2.56 bits per heavy atom. The molecule has 3 aromatic rings.